The molecule has 5 nitrogen and oxygen atoms in total. The zero-order valence-electron chi connectivity index (χ0n) is 12.2. The van der Waals surface area contributed by atoms with E-state index in [0.29, 0.717) is 18.0 Å². The van der Waals surface area contributed by atoms with Crippen LogP contribution in [0, 0.1) is 11.8 Å². The Morgan fingerprint density at radius 2 is 2.00 bits per heavy atom. The Kier molecular flexibility index (Phi) is 4.02. The zero-order chi connectivity index (χ0) is 14.2. The van der Waals surface area contributed by atoms with Gasteiger partial charge in [0.25, 0.3) is 0 Å². The molecule has 1 N–H and O–H groups in total. The number of ether oxygens (including phenoxy) is 1. The first-order valence-electron chi connectivity index (χ1n) is 7.12. The largest absolute Gasteiger partial charge is 0.453 e. The number of nitrogens with one attached hydrogen (secondary N) is 1. The highest BCUT2D eigenvalue weighted by molar-refractivity contribution is 5.86. The van der Waals surface area contributed by atoms with Crippen molar-refractivity contribution in [3.05, 3.63) is 0 Å². The summed E-state index contributed by atoms with van der Waals surface area (Å²) in [5.41, 5.74) is 0. The molecule has 1 heterocycles. The van der Waals surface area contributed by atoms with Crippen LogP contribution in [0.5, 0.6) is 0 Å². The molecule has 5 heteroatoms. The minimum absolute atomic E-state index is 0.0418. The van der Waals surface area contributed by atoms with Gasteiger partial charge in [0.2, 0.25) is 5.91 Å². The summed E-state index contributed by atoms with van der Waals surface area (Å²) < 4.78 is 4.61. The molecular weight excluding hydrogens is 244 g/mol. The number of alkyl carbamates (subject to hydrolysis) is 1. The maximum atomic E-state index is 12.7. The Labute approximate surface area is 114 Å². The van der Waals surface area contributed by atoms with Crippen LogP contribution in [0.1, 0.15) is 40.0 Å². The standard InChI is InChI=1S/C14H24N2O3/c1-8(2)12(15-14(18)19-4)13(17)16-9(3)10-5-6-11(16)7-10/h8-12H,5-7H2,1-4H3,(H,15,18)/t9-,10-,11+,12+/m1/s1. The normalized spacial score (nSPS) is 30.6. The predicted molar refractivity (Wildman–Crippen MR) is 71.6 cm³/mol. The molecule has 4 atom stereocenters. The van der Waals surface area contributed by atoms with E-state index in [0.717, 1.165) is 12.8 Å². The fourth-order valence-corrected chi connectivity index (χ4v) is 3.48. The van der Waals surface area contributed by atoms with Gasteiger partial charge in [-0.2, -0.15) is 0 Å². The van der Waals surface area contributed by atoms with Crippen molar-refractivity contribution in [2.45, 2.75) is 58.2 Å². The van der Waals surface area contributed by atoms with Crippen molar-refractivity contribution in [2.24, 2.45) is 11.8 Å². The van der Waals surface area contributed by atoms with Crippen LogP contribution in [0.3, 0.4) is 0 Å². The number of fused-ring (bicyclic) bond motifs is 2. The summed E-state index contributed by atoms with van der Waals surface area (Å²) in [6.45, 7) is 6.01. The molecule has 1 aliphatic carbocycles. The molecule has 2 fully saturated rings. The first-order chi connectivity index (χ1) is 8.95. The molecule has 0 aromatic heterocycles. The van der Waals surface area contributed by atoms with Crippen LogP contribution >= 0.6 is 0 Å². The van der Waals surface area contributed by atoms with Gasteiger partial charge in [0, 0.05) is 12.1 Å². The third kappa shape index (κ3) is 2.55. The summed E-state index contributed by atoms with van der Waals surface area (Å²) in [7, 11) is 1.32. The van der Waals surface area contributed by atoms with E-state index in [1.165, 1.54) is 13.5 Å². The maximum Gasteiger partial charge on any atom is 0.407 e. The van der Waals surface area contributed by atoms with Gasteiger partial charge in [0.1, 0.15) is 6.04 Å². The SMILES string of the molecule is COC(=O)N[C@H](C(=O)N1[C@H]2CC[C@H](C2)[C@H]1C)C(C)C. The number of piperidine rings is 1. The average molecular weight is 268 g/mol. The third-order valence-electron chi connectivity index (χ3n) is 4.61. The van der Waals surface area contributed by atoms with Crippen molar-refractivity contribution in [3.63, 3.8) is 0 Å². The first-order valence-corrected chi connectivity index (χ1v) is 7.12. The van der Waals surface area contributed by atoms with Crippen molar-refractivity contribution < 1.29 is 14.3 Å². The average Bonchev–Trinajstić information content (AvgIpc) is 2.95. The number of amides is 2. The molecule has 0 unspecified atom stereocenters. The second-order valence-corrected chi connectivity index (χ2v) is 6.07. The number of carbonyl (C=O) groups is 2. The van der Waals surface area contributed by atoms with Gasteiger partial charge in [-0.3, -0.25) is 4.79 Å². The van der Waals surface area contributed by atoms with Gasteiger partial charge in [-0.05, 0) is 38.0 Å². The summed E-state index contributed by atoms with van der Waals surface area (Å²) in [6.07, 6.45) is 2.91. The van der Waals surface area contributed by atoms with E-state index >= 15 is 0 Å². The minimum atomic E-state index is -0.538. The molecule has 0 radical (unpaired) electrons. The van der Waals surface area contributed by atoms with E-state index in [1.54, 1.807) is 0 Å². The van der Waals surface area contributed by atoms with Crippen molar-refractivity contribution >= 4 is 12.0 Å². The van der Waals surface area contributed by atoms with Crippen molar-refractivity contribution in [1.82, 2.24) is 10.2 Å². The highest BCUT2D eigenvalue weighted by Crippen LogP contribution is 2.42. The van der Waals surface area contributed by atoms with E-state index in [-0.39, 0.29) is 11.8 Å². The van der Waals surface area contributed by atoms with E-state index in [2.05, 4.69) is 17.0 Å². The number of likely N-dealkylation sites (tertiary alicyclic amines) is 1. The number of carbonyl (C=O) groups excluding carboxylic acids is 2. The van der Waals surface area contributed by atoms with Gasteiger partial charge in [0.05, 0.1) is 7.11 Å². The van der Waals surface area contributed by atoms with Gasteiger partial charge >= 0.3 is 6.09 Å². The lowest BCUT2D eigenvalue weighted by molar-refractivity contribution is -0.138. The van der Waals surface area contributed by atoms with Crippen LogP contribution in [0.2, 0.25) is 0 Å². The molecule has 1 aliphatic heterocycles. The van der Waals surface area contributed by atoms with Crippen LogP contribution < -0.4 is 5.32 Å². The molecule has 108 valence electrons. The van der Waals surface area contributed by atoms with Crippen LogP contribution in [-0.4, -0.2) is 42.1 Å². The summed E-state index contributed by atoms with van der Waals surface area (Å²) in [6, 6.07) is 0.175. The van der Waals surface area contributed by atoms with Gasteiger partial charge in [-0.1, -0.05) is 13.8 Å². The van der Waals surface area contributed by atoms with Crippen molar-refractivity contribution in [2.75, 3.05) is 7.11 Å². The second-order valence-electron chi connectivity index (χ2n) is 6.07. The van der Waals surface area contributed by atoms with Crippen LogP contribution in [0.15, 0.2) is 0 Å². The Bertz CT molecular complexity index is 368. The molecule has 1 saturated heterocycles. The van der Waals surface area contributed by atoms with E-state index in [4.69, 9.17) is 0 Å². The van der Waals surface area contributed by atoms with Crippen molar-refractivity contribution in [1.29, 1.82) is 0 Å². The molecule has 0 aromatic carbocycles. The fraction of sp³-hybridized carbons (Fsp3) is 0.857. The molecule has 2 rings (SSSR count). The van der Waals surface area contributed by atoms with Crippen molar-refractivity contribution in [3.8, 4) is 0 Å². The summed E-state index contributed by atoms with van der Waals surface area (Å²) in [5, 5.41) is 2.67. The highest BCUT2D eigenvalue weighted by Gasteiger charge is 2.47. The number of rotatable bonds is 3. The molecule has 2 bridgehead atoms. The Morgan fingerprint density at radius 3 is 2.47 bits per heavy atom. The predicted octanol–water partition coefficient (Wildman–Crippen LogP) is 1.77. The molecule has 0 aromatic rings. The Balaban J connectivity index is 2.09. The smallest absolute Gasteiger partial charge is 0.407 e. The Hall–Kier alpha value is -1.26. The van der Waals surface area contributed by atoms with Gasteiger partial charge in [0.15, 0.2) is 0 Å². The van der Waals surface area contributed by atoms with Gasteiger partial charge < -0.3 is 15.0 Å². The lowest BCUT2D eigenvalue weighted by atomic mass is 9.97. The van der Waals surface area contributed by atoms with E-state index < -0.39 is 12.1 Å². The monoisotopic (exact) mass is 268 g/mol. The first kappa shape index (κ1) is 14.2. The van der Waals surface area contributed by atoms with Crippen LogP contribution in [-0.2, 0) is 9.53 Å². The number of nitrogens with zero attached hydrogens (tertiary/aromatic N) is 1. The maximum absolute atomic E-state index is 12.7. The quantitative estimate of drug-likeness (QED) is 0.848. The van der Waals surface area contributed by atoms with Gasteiger partial charge in [-0.15, -0.1) is 0 Å². The molecule has 0 spiro atoms. The summed E-state index contributed by atoms with van der Waals surface area (Å²) in [5.74, 6) is 0.734. The van der Waals surface area contributed by atoms with E-state index in [9.17, 15) is 9.59 Å². The lowest BCUT2D eigenvalue weighted by Crippen LogP contribution is -2.55. The molecule has 19 heavy (non-hydrogen) atoms. The zero-order valence-corrected chi connectivity index (χ0v) is 12.2. The number of methoxy groups -OCH3 is 1. The second kappa shape index (κ2) is 5.39. The molecular formula is C14H24N2O3. The van der Waals surface area contributed by atoms with Gasteiger partial charge in [-0.25, -0.2) is 4.79 Å². The lowest BCUT2D eigenvalue weighted by Gasteiger charge is -2.36. The van der Waals surface area contributed by atoms with E-state index in [1.807, 2.05) is 18.7 Å². The topological polar surface area (TPSA) is 58.6 Å². The number of hydrogen-bond acceptors (Lipinski definition) is 3. The molecule has 1 saturated carbocycles. The third-order valence-corrected chi connectivity index (χ3v) is 4.61. The fourth-order valence-electron chi connectivity index (χ4n) is 3.48. The molecule has 2 amide bonds. The summed E-state index contributed by atoms with van der Waals surface area (Å²) in [4.78, 5) is 26.1. The Morgan fingerprint density at radius 1 is 1.32 bits per heavy atom. The van der Waals surface area contributed by atoms with Crippen LogP contribution in [0.4, 0.5) is 4.79 Å². The van der Waals surface area contributed by atoms with Crippen LogP contribution in [0.25, 0.3) is 0 Å². The minimum Gasteiger partial charge on any atom is -0.453 e. The highest BCUT2D eigenvalue weighted by atomic mass is 16.5. The molecule has 2 aliphatic rings. The number of hydrogen-bond donors (Lipinski definition) is 1. The summed E-state index contributed by atoms with van der Waals surface area (Å²) >= 11 is 0.